The van der Waals surface area contributed by atoms with Crippen molar-refractivity contribution in [1.82, 2.24) is 4.57 Å². The number of imide groups is 1. The summed E-state index contributed by atoms with van der Waals surface area (Å²) in [7, 11) is 0. The standard InChI is InChI=1S/C33H25N3O6S3/c1-2-42-32(40)19-12-14-20(15-13-19)36-29(38)26-25(23-11-6-16-43-23)28-31(44-27(26)30(36)39)35(33(41)45-28)17-24(37)34-22-10-5-8-18-7-3-4-9-21(18)22/h3-16,25-27H,2,17H2,1H3,(H,34,37). The van der Waals surface area contributed by atoms with Crippen molar-refractivity contribution in [3.8, 4) is 0 Å². The predicted molar refractivity (Wildman–Crippen MR) is 175 cm³/mol. The number of rotatable bonds is 7. The quantitative estimate of drug-likeness (QED) is 0.176. The lowest BCUT2D eigenvalue weighted by atomic mass is 9.87. The van der Waals surface area contributed by atoms with E-state index in [1.165, 1.54) is 32.9 Å². The summed E-state index contributed by atoms with van der Waals surface area (Å²) >= 11 is 3.63. The Morgan fingerprint density at radius 2 is 1.69 bits per heavy atom. The number of hydrogen-bond donors (Lipinski definition) is 1. The van der Waals surface area contributed by atoms with Crippen molar-refractivity contribution >= 4 is 80.3 Å². The number of thiophene rings is 1. The van der Waals surface area contributed by atoms with E-state index in [1.54, 1.807) is 19.1 Å². The largest absolute Gasteiger partial charge is 0.462 e. The second-order valence-corrected chi connectivity index (χ2v) is 13.6. The van der Waals surface area contributed by atoms with Gasteiger partial charge in [0.25, 0.3) is 0 Å². The number of nitrogens with zero attached hydrogens (tertiary/aromatic N) is 2. The van der Waals surface area contributed by atoms with E-state index >= 15 is 0 Å². The fraction of sp³-hybridized carbons (Fsp3) is 0.182. The van der Waals surface area contributed by atoms with Gasteiger partial charge in [-0.15, -0.1) is 11.3 Å². The number of benzene rings is 3. The summed E-state index contributed by atoms with van der Waals surface area (Å²) in [5.74, 6) is -2.90. The Kier molecular flexibility index (Phi) is 7.64. The molecular formula is C33H25N3O6S3. The molecule has 3 amide bonds. The van der Waals surface area contributed by atoms with Crippen LogP contribution in [0.15, 0.2) is 94.1 Å². The van der Waals surface area contributed by atoms with Crippen LogP contribution in [0.2, 0.25) is 0 Å². The normalized spacial score (nSPS) is 19.0. The second-order valence-electron chi connectivity index (χ2n) is 10.5. The van der Waals surface area contributed by atoms with Crippen molar-refractivity contribution in [2.75, 3.05) is 16.8 Å². The summed E-state index contributed by atoms with van der Waals surface area (Å²) in [6.45, 7) is 1.71. The first-order valence-electron chi connectivity index (χ1n) is 14.2. The number of nitrogens with one attached hydrogen (secondary N) is 1. The van der Waals surface area contributed by atoms with Crippen LogP contribution < -0.4 is 15.1 Å². The molecule has 5 aromatic rings. The number of fused-ring (bicyclic) bond motifs is 3. The molecule has 0 bridgehead atoms. The molecule has 1 saturated heterocycles. The highest BCUT2D eigenvalue weighted by Gasteiger charge is 2.57. The van der Waals surface area contributed by atoms with E-state index in [1.807, 2.05) is 60.0 Å². The van der Waals surface area contributed by atoms with Crippen LogP contribution >= 0.6 is 34.4 Å². The summed E-state index contributed by atoms with van der Waals surface area (Å²) in [5.41, 5.74) is 1.31. The molecule has 4 heterocycles. The SMILES string of the molecule is CCOC(=O)c1ccc(N2C(=O)C3Sc4c(sc(=O)n4CC(=O)Nc4cccc5ccccc45)C(c4cccs4)C3C2=O)cc1. The minimum Gasteiger partial charge on any atom is -0.462 e. The van der Waals surface area contributed by atoms with Gasteiger partial charge in [0.15, 0.2) is 0 Å². The van der Waals surface area contributed by atoms with Crippen LogP contribution in [0.1, 0.15) is 33.0 Å². The van der Waals surface area contributed by atoms with Gasteiger partial charge in [0, 0.05) is 26.7 Å². The third-order valence-electron chi connectivity index (χ3n) is 7.90. The molecule has 12 heteroatoms. The van der Waals surface area contributed by atoms with E-state index in [-0.39, 0.29) is 29.8 Å². The average molecular weight is 656 g/mol. The van der Waals surface area contributed by atoms with Gasteiger partial charge >= 0.3 is 10.8 Å². The molecule has 2 aromatic heterocycles. The van der Waals surface area contributed by atoms with Crippen molar-refractivity contribution in [1.29, 1.82) is 0 Å². The number of thioether (sulfide) groups is 1. The number of thiazole rings is 1. The lowest BCUT2D eigenvalue weighted by Crippen LogP contribution is -2.32. The molecule has 1 fully saturated rings. The highest BCUT2D eigenvalue weighted by molar-refractivity contribution is 8.00. The minimum atomic E-state index is -0.803. The van der Waals surface area contributed by atoms with Crippen molar-refractivity contribution < 1.29 is 23.9 Å². The maximum absolute atomic E-state index is 14.0. The van der Waals surface area contributed by atoms with Crippen LogP contribution in [-0.4, -0.2) is 40.1 Å². The van der Waals surface area contributed by atoms with Gasteiger partial charge < -0.3 is 10.1 Å². The molecule has 9 nitrogen and oxygen atoms in total. The van der Waals surface area contributed by atoms with Crippen molar-refractivity contribution in [2.45, 2.75) is 29.7 Å². The topological polar surface area (TPSA) is 115 Å². The Balaban J connectivity index is 1.22. The molecule has 226 valence electrons. The van der Waals surface area contributed by atoms with Gasteiger partial charge in [-0.3, -0.25) is 23.7 Å². The van der Waals surface area contributed by atoms with Gasteiger partial charge in [0.2, 0.25) is 17.7 Å². The lowest BCUT2D eigenvalue weighted by Gasteiger charge is -2.29. The van der Waals surface area contributed by atoms with Gasteiger partial charge in [0.1, 0.15) is 11.8 Å². The molecule has 1 N–H and O–H groups in total. The highest BCUT2D eigenvalue weighted by atomic mass is 32.2. The molecule has 0 aliphatic carbocycles. The summed E-state index contributed by atoms with van der Waals surface area (Å²) in [6, 6.07) is 23.3. The molecule has 45 heavy (non-hydrogen) atoms. The molecule has 3 aromatic carbocycles. The Hall–Kier alpha value is -4.52. The number of anilines is 2. The van der Waals surface area contributed by atoms with Crippen molar-refractivity contribution in [3.63, 3.8) is 0 Å². The summed E-state index contributed by atoms with van der Waals surface area (Å²) in [4.78, 5) is 69.2. The van der Waals surface area contributed by atoms with E-state index in [2.05, 4.69) is 5.32 Å². The van der Waals surface area contributed by atoms with Crippen molar-refractivity contribution in [2.24, 2.45) is 5.92 Å². The van der Waals surface area contributed by atoms with E-state index in [9.17, 15) is 24.0 Å². The van der Waals surface area contributed by atoms with Gasteiger partial charge in [0.05, 0.1) is 28.8 Å². The second kappa shape index (κ2) is 11.8. The van der Waals surface area contributed by atoms with E-state index in [4.69, 9.17) is 4.74 Å². The Morgan fingerprint density at radius 3 is 2.44 bits per heavy atom. The molecule has 0 radical (unpaired) electrons. The maximum Gasteiger partial charge on any atom is 0.338 e. The van der Waals surface area contributed by atoms with E-state index < -0.39 is 29.0 Å². The molecule has 2 aliphatic rings. The average Bonchev–Trinajstić information content (AvgIpc) is 3.74. The molecule has 2 aliphatic heterocycles. The number of esters is 1. The van der Waals surface area contributed by atoms with Crippen LogP contribution in [0.25, 0.3) is 10.8 Å². The van der Waals surface area contributed by atoms with Crippen LogP contribution in [0.3, 0.4) is 0 Å². The highest BCUT2D eigenvalue weighted by Crippen LogP contribution is 2.54. The van der Waals surface area contributed by atoms with Gasteiger partial charge in [-0.2, -0.15) is 0 Å². The van der Waals surface area contributed by atoms with Crippen LogP contribution in [0.5, 0.6) is 0 Å². The number of amides is 3. The first kappa shape index (κ1) is 29.2. The number of aromatic nitrogens is 1. The summed E-state index contributed by atoms with van der Waals surface area (Å²) < 4.78 is 6.46. The van der Waals surface area contributed by atoms with E-state index in [0.717, 1.165) is 38.7 Å². The molecule has 7 rings (SSSR count). The predicted octanol–water partition coefficient (Wildman–Crippen LogP) is 5.74. The zero-order chi connectivity index (χ0) is 31.2. The van der Waals surface area contributed by atoms with Crippen LogP contribution in [-0.2, 0) is 25.7 Å². The Morgan fingerprint density at radius 1 is 0.911 bits per heavy atom. The first-order valence-corrected chi connectivity index (χ1v) is 16.8. The number of ether oxygens (including phenoxy) is 1. The smallest absolute Gasteiger partial charge is 0.338 e. The van der Waals surface area contributed by atoms with Crippen LogP contribution in [0, 0.1) is 5.92 Å². The van der Waals surface area contributed by atoms with Crippen LogP contribution in [0.4, 0.5) is 11.4 Å². The third kappa shape index (κ3) is 5.08. The molecule has 0 spiro atoms. The fourth-order valence-electron chi connectivity index (χ4n) is 5.91. The molecular weight excluding hydrogens is 631 g/mol. The first-order chi connectivity index (χ1) is 21.9. The van der Waals surface area contributed by atoms with Gasteiger partial charge in [-0.05, 0) is 54.1 Å². The maximum atomic E-state index is 14.0. The van der Waals surface area contributed by atoms with E-state index in [0.29, 0.717) is 26.8 Å². The monoisotopic (exact) mass is 655 g/mol. The van der Waals surface area contributed by atoms with Crippen molar-refractivity contribution in [3.05, 3.63) is 109 Å². The Bertz CT molecular complexity index is 2030. The zero-order valence-electron chi connectivity index (χ0n) is 23.8. The molecule has 3 atom stereocenters. The van der Waals surface area contributed by atoms with Gasteiger partial charge in [-0.1, -0.05) is 65.6 Å². The Labute approximate surface area is 269 Å². The number of carbonyl (C=O) groups is 4. The zero-order valence-corrected chi connectivity index (χ0v) is 26.2. The third-order valence-corrected chi connectivity index (χ3v) is 11.5. The summed E-state index contributed by atoms with van der Waals surface area (Å²) in [6.07, 6.45) is 0. The number of carbonyl (C=O) groups excluding carboxylic acids is 4. The summed E-state index contributed by atoms with van der Waals surface area (Å²) in [5, 5.41) is 6.43. The fourth-order valence-corrected chi connectivity index (χ4v) is 9.63. The molecule has 3 unspecified atom stereocenters. The minimum absolute atomic E-state index is 0.231. The number of hydrogen-bond acceptors (Lipinski definition) is 9. The molecule has 0 saturated carbocycles. The lowest BCUT2D eigenvalue weighted by molar-refractivity contribution is -0.122. The van der Waals surface area contributed by atoms with Gasteiger partial charge in [-0.25, -0.2) is 9.69 Å².